The summed E-state index contributed by atoms with van der Waals surface area (Å²) >= 11 is 0. The lowest BCUT2D eigenvalue weighted by atomic mass is 9.94. The summed E-state index contributed by atoms with van der Waals surface area (Å²) in [6.45, 7) is 0. The van der Waals surface area contributed by atoms with Crippen LogP contribution in [0.2, 0.25) is 0 Å². The molecular weight excluding hydrogens is 488 g/mol. The molecule has 8 nitrogen and oxygen atoms in total. The number of para-hydroxylation sites is 2. The van der Waals surface area contributed by atoms with Crippen molar-refractivity contribution in [3.05, 3.63) is 96.4 Å². The Labute approximate surface area is 201 Å². The highest BCUT2D eigenvalue weighted by atomic mass is 32.2. The maximum absolute atomic E-state index is 12.3. The van der Waals surface area contributed by atoms with Gasteiger partial charge in [-0.2, -0.15) is 8.42 Å². The van der Waals surface area contributed by atoms with Gasteiger partial charge in [0.25, 0.3) is 10.1 Å². The van der Waals surface area contributed by atoms with Crippen LogP contribution in [0.3, 0.4) is 0 Å². The first-order valence-electron chi connectivity index (χ1n) is 10.3. The minimum absolute atomic E-state index is 0.0199. The molecule has 1 aliphatic heterocycles. The van der Waals surface area contributed by atoms with E-state index in [2.05, 4.69) is 4.99 Å². The van der Waals surface area contributed by atoms with E-state index in [0.717, 1.165) is 0 Å². The molecule has 10 heteroatoms. The summed E-state index contributed by atoms with van der Waals surface area (Å²) < 4.78 is 63.8. The van der Waals surface area contributed by atoms with Gasteiger partial charge >= 0.3 is 0 Å². The van der Waals surface area contributed by atoms with E-state index >= 15 is 0 Å². The lowest BCUT2D eigenvalue weighted by Crippen LogP contribution is -2.13. The molecule has 0 saturated carbocycles. The Morgan fingerprint density at radius 2 is 1.40 bits per heavy atom. The predicted molar refractivity (Wildman–Crippen MR) is 131 cm³/mol. The second-order valence-corrected chi connectivity index (χ2v) is 10.7. The zero-order valence-corrected chi connectivity index (χ0v) is 19.6. The molecule has 0 saturated heterocycles. The van der Waals surface area contributed by atoms with Crippen LogP contribution in [0.5, 0.6) is 0 Å². The van der Waals surface area contributed by atoms with Crippen molar-refractivity contribution in [2.75, 3.05) is 0 Å². The lowest BCUT2D eigenvalue weighted by molar-refractivity contribution is 0.483. The van der Waals surface area contributed by atoms with Gasteiger partial charge < -0.3 is 4.42 Å². The Morgan fingerprint density at radius 1 is 0.743 bits per heavy atom. The van der Waals surface area contributed by atoms with E-state index in [-0.39, 0.29) is 15.5 Å². The molecule has 2 aliphatic rings. The standard InChI is InChI=1S/C25H18N2O6S2/c26-34(28,29)23-11-5-2-8-19(23)25-17-7-1-4-10-21(17)33-22-15-16(13-14-18(22)25)27-20-9-3-6-12-24(20)35(30,31)32/h1-15H,(H2,26,28,29)(H,30,31,32). The van der Waals surface area contributed by atoms with Crippen molar-refractivity contribution in [2.45, 2.75) is 9.79 Å². The van der Waals surface area contributed by atoms with Gasteiger partial charge in [-0.1, -0.05) is 48.5 Å². The smallest absolute Gasteiger partial charge is 0.296 e. The van der Waals surface area contributed by atoms with Gasteiger partial charge in [-0.15, -0.1) is 0 Å². The van der Waals surface area contributed by atoms with Crippen LogP contribution in [0.1, 0.15) is 0 Å². The molecule has 35 heavy (non-hydrogen) atoms. The number of rotatable bonds is 4. The fraction of sp³-hybridized carbons (Fsp3) is 0. The first-order valence-corrected chi connectivity index (χ1v) is 13.3. The van der Waals surface area contributed by atoms with Crippen LogP contribution in [0.25, 0.3) is 33.4 Å². The van der Waals surface area contributed by atoms with E-state index in [4.69, 9.17) is 9.56 Å². The molecule has 0 aromatic heterocycles. The van der Waals surface area contributed by atoms with Gasteiger partial charge in [0.15, 0.2) is 0 Å². The SMILES string of the molecule is NS(=O)(=O)c1ccccc1-c1c2ccc(=Nc3ccccc3S(=O)(=O)O)cc-2oc2ccccc12. The molecule has 0 amide bonds. The Kier molecular flexibility index (Phi) is 5.53. The number of nitrogens with two attached hydrogens (primary N) is 1. The van der Waals surface area contributed by atoms with Crippen molar-refractivity contribution in [3.63, 3.8) is 0 Å². The van der Waals surface area contributed by atoms with Crippen LogP contribution in [-0.4, -0.2) is 21.4 Å². The van der Waals surface area contributed by atoms with Crippen molar-refractivity contribution >= 4 is 36.8 Å². The zero-order chi connectivity index (χ0) is 24.8. The lowest BCUT2D eigenvalue weighted by Gasteiger charge is -2.17. The number of fused-ring (bicyclic) bond motifs is 2. The van der Waals surface area contributed by atoms with Crippen LogP contribution in [0.15, 0.2) is 110 Å². The van der Waals surface area contributed by atoms with Gasteiger partial charge in [0, 0.05) is 28.1 Å². The molecule has 0 spiro atoms. The molecule has 176 valence electrons. The van der Waals surface area contributed by atoms with Crippen LogP contribution < -0.4 is 10.5 Å². The Hall–Kier alpha value is -3.83. The highest BCUT2D eigenvalue weighted by Crippen LogP contribution is 2.41. The fourth-order valence-corrected chi connectivity index (χ4v) is 5.39. The maximum Gasteiger partial charge on any atom is 0.296 e. The summed E-state index contributed by atoms with van der Waals surface area (Å²) in [4.78, 5) is 4.04. The van der Waals surface area contributed by atoms with E-state index in [1.165, 1.54) is 24.3 Å². The van der Waals surface area contributed by atoms with Gasteiger partial charge in [0.2, 0.25) is 10.0 Å². The molecular formula is C25H18N2O6S2. The molecule has 0 radical (unpaired) electrons. The van der Waals surface area contributed by atoms with Crippen molar-refractivity contribution in [2.24, 2.45) is 10.1 Å². The second kappa shape index (κ2) is 8.43. The van der Waals surface area contributed by atoms with Gasteiger partial charge in [-0.05, 0) is 36.4 Å². The number of nitrogens with zero attached hydrogens (tertiary/aromatic N) is 1. The van der Waals surface area contributed by atoms with E-state index in [1.54, 1.807) is 54.6 Å². The number of hydrogen-bond donors (Lipinski definition) is 2. The molecule has 0 atom stereocenters. The average Bonchev–Trinajstić information content (AvgIpc) is 2.81. The number of hydrogen-bond acceptors (Lipinski definition) is 6. The zero-order valence-electron chi connectivity index (χ0n) is 18.0. The Morgan fingerprint density at radius 3 is 2.14 bits per heavy atom. The minimum atomic E-state index is -4.47. The van der Waals surface area contributed by atoms with Crippen LogP contribution >= 0.6 is 0 Å². The third kappa shape index (κ3) is 4.35. The van der Waals surface area contributed by atoms with Gasteiger partial charge in [-0.3, -0.25) is 4.55 Å². The fourth-order valence-electron chi connectivity index (χ4n) is 4.02. The largest absolute Gasteiger partial charge is 0.456 e. The average molecular weight is 507 g/mol. The number of benzene rings is 4. The minimum Gasteiger partial charge on any atom is -0.456 e. The Balaban J connectivity index is 1.84. The summed E-state index contributed by atoms with van der Waals surface area (Å²) in [5.41, 5.74) is 2.23. The molecule has 1 aliphatic carbocycles. The van der Waals surface area contributed by atoms with E-state index < -0.39 is 20.1 Å². The Bertz CT molecular complexity index is 1860. The topological polar surface area (TPSA) is 140 Å². The molecule has 3 aromatic carbocycles. The molecule has 0 unspecified atom stereocenters. The first kappa shape index (κ1) is 22.9. The van der Waals surface area contributed by atoms with E-state index in [9.17, 15) is 21.4 Å². The van der Waals surface area contributed by atoms with Crippen molar-refractivity contribution < 1.29 is 25.8 Å². The quantitative estimate of drug-likeness (QED) is 0.275. The van der Waals surface area contributed by atoms with E-state index in [1.807, 2.05) is 12.1 Å². The third-order valence-electron chi connectivity index (χ3n) is 5.47. The highest BCUT2D eigenvalue weighted by molar-refractivity contribution is 7.89. The van der Waals surface area contributed by atoms with E-state index in [0.29, 0.717) is 38.8 Å². The molecule has 5 rings (SSSR count). The van der Waals surface area contributed by atoms with Crippen molar-refractivity contribution in [1.82, 2.24) is 0 Å². The third-order valence-corrected chi connectivity index (χ3v) is 7.34. The predicted octanol–water partition coefficient (Wildman–Crippen LogP) is 4.33. The summed E-state index contributed by atoms with van der Waals surface area (Å²) in [5.74, 6) is 0.397. The number of primary sulfonamides is 1. The first-order chi connectivity index (χ1) is 16.6. The summed E-state index contributed by atoms with van der Waals surface area (Å²) in [6, 6.07) is 24.5. The monoisotopic (exact) mass is 506 g/mol. The van der Waals surface area contributed by atoms with Crippen molar-refractivity contribution in [1.29, 1.82) is 0 Å². The summed E-state index contributed by atoms with van der Waals surface area (Å²) in [5, 5.41) is 6.57. The molecule has 0 bridgehead atoms. The maximum atomic E-state index is 12.3. The number of sulfonamides is 1. The molecule has 1 heterocycles. The normalized spacial score (nSPS) is 12.9. The van der Waals surface area contributed by atoms with Gasteiger partial charge in [0.1, 0.15) is 16.2 Å². The second-order valence-electron chi connectivity index (χ2n) is 7.75. The summed E-state index contributed by atoms with van der Waals surface area (Å²) in [6.07, 6.45) is 0. The van der Waals surface area contributed by atoms with Crippen LogP contribution in [0, 0.1) is 0 Å². The van der Waals surface area contributed by atoms with Gasteiger partial charge in [0.05, 0.1) is 15.9 Å². The van der Waals surface area contributed by atoms with Crippen LogP contribution in [0.4, 0.5) is 5.69 Å². The van der Waals surface area contributed by atoms with Gasteiger partial charge in [-0.25, -0.2) is 18.5 Å². The molecule has 3 aromatic rings. The summed E-state index contributed by atoms with van der Waals surface area (Å²) in [7, 11) is -8.49. The molecule has 0 fully saturated rings. The van der Waals surface area contributed by atoms with Crippen LogP contribution in [-0.2, 0) is 20.1 Å². The molecule has 3 N–H and O–H groups in total. The van der Waals surface area contributed by atoms with Crippen molar-refractivity contribution in [3.8, 4) is 22.5 Å². The highest BCUT2D eigenvalue weighted by Gasteiger charge is 2.22.